The second kappa shape index (κ2) is 11.7. The van der Waals surface area contributed by atoms with Gasteiger partial charge in [-0.1, -0.05) is 60.7 Å². The van der Waals surface area contributed by atoms with Crippen LogP contribution in [-0.4, -0.2) is 8.42 Å². The van der Waals surface area contributed by atoms with Gasteiger partial charge in [0.05, 0.1) is 4.90 Å². The number of rotatable bonds is 6. The minimum absolute atomic E-state index is 0.136. The Balaban J connectivity index is 0.000000658. The quantitative estimate of drug-likeness (QED) is 0.340. The summed E-state index contributed by atoms with van der Waals surface area (Å²) in [7, 11) is -8.62. The smallest absolute Gasteiger partial charge is 0.225 e. The normalized spacial score (nSPS) is 11.5. The molecule has 0 radical (unpaired) electrons. The van der Waals surface area contributed by atoms with Gasteiger partial charge in [0.25, 0.3) is 0 Å². The van der Waals surface area contributed by atoms with E-state index in [1.165, 1.54) is 16.8 Å². The molecule has 0 aliphatic rings. The van der Waals surface area contributed by atoms with Gasteiger partial charge in [-0.2, -0.15) is 4.57 Å². The average Bonchev–Trinajstić information content (AvgIpc) is 2.83. The summed E-state index contributed by atoms with van der Waals surface area (Å²) < 4.78 is 59.3. The Morgan fingerprint density at radius 2 is 1.25 bits per heavy atom. The van der Waals surface area contributed by atoms with E-state index in [4.69, 9.17) is 23.8 Å². The first kappa shape index (κ1) is 27.4. The number of hydrogen-bond donors (Lipinski definition) is 1. The summed E-state index contributed by atoms with van der Waals surface area (Å²) in [5.41, 5.74) is 6.92. The first-order valence-electron chi connectivity index (χ1n) is 10.8. The van der Waals surface area contributed by atoms with Crippen molar-refractivity contribution in [3.8, 4) is 22.4 Å². The van der Waals surface area contributed by atoms with Crippen LogP contribution in [0.1, 0.15) is 11.3 Å². The Labute approximate surface area is 212 Å². The molecule has 188 valence electrons. The molecule has 0 atom stereocenters. The monoisotopic (exact) mass is 528 g/mol. The summed E-state index contributed by atoms with van der Waals surface area (Å²) in [6.07, 6.45) is 0.779. The van der Waals surface area contributed by atoms with Crippen molar-refractivity contribution in [1.29, 1.82) is 0 Å². The SMILES string of the molecule is Cc1cc(-c2ccccc2)cc(-c2ccccc2)[n+]1CCc1ccc(S(N)(=O)=O)cc1.[O-][Cl+3]([O-])([O-])[O-]. The number of aryl methyl sites for hydroxylation is 2. The van der Waals surface area contributed by atoms with E-state index in [2.05, 4.69) is 72.2 Å². The Hall–Kier alpha value is -3.15. The van der Waals surface area contributed by atoms with Crippen LogP contribution in [0.2, 0.25) is 0 Å². The lowest BCUT2D eigenvalue weighted by molar-refractivity contribution is -2.00. The lowest BCUT2D eigenvalue weighted by Gasteiger charge is -2.17. The Morgan fingerprint density at radius 3 is 1.75 bits per heavy atom. The van der Waals surface area contributed by atoms with E-state index in [1.54, 1.807) is 12.1 Å². The molecular formula is C26H25ClN2O6S. The first-order chi connectivity index (χ1) is 16.9. The largest absolute Gasteiger partial charge is 0.238 e. The number of nitrogens with zero attached hydrogens (tertiary/aromatic N) is 1. The first-order valence-corrected chi connectivity index (χ1v) is 13.6. The molecule has 0 bridgehead atoms. The average molecular weight is 529 g/mol. The van der Waals surface area contributed by atoms with Crippen LogP contribution in [0, 0.1) is 17.2 Å². The molecule has 10 heteroatoms. The number of nitrogens with two attached hydrogens (primary N) is 1. The maximum absolute atomic E-state index is 11.5. The zero-order valence-electron chi connectivity index (χ0n) is 19.4. The van der Waals surface area contributed by atoms with Gasteiger partial charge < -0.3 is 0 Å². The van der Waals surface area contributed by atoms with Gasteiger partial charge in [-0.3, -0.25) is 0 Å². The summed E-state index contributed by atoms with van der Waals surface area (Å²) in [6, 6.07) is 32.0. The molecule has 0 spiro atoms. The molecule has 36 heavy (non-hydrogen) atoms. The van der Waals surface area contributed by atoms with Gasteiger partial charge >= 0.3 is 0 Å². The molecule has 2 N–H and O–H groups in total. The maximum atomic E-state index is 11.5. The molecule has 0 amide bonds. The topological polar surface area (TPSA) is 156 Å². The second-order valence-electron chi connectivity index (χ2n) is 7.97. The molecule has 4 aromatic rings. The fourth-order valence-electron chi connectivity index (χ4n) is 3.79. The minimum atomic E-state index is -4.94. The molecule has 1 aromatic heterocycles. The lowest BCUT2D eigenvalue weighted by Crippen LogP contribution is -2.68. The fourth-order valence-corrected chi connectivity index (χ4v) is 4.30. The Morgan fingerprint density at radius 1 is 0.750 bits per heavy atom. The van der Waals surface area contributed by atoms with E-state index in [9.17, 15) is 8.42 Å². The van der Waals surface area contributed by atoms with Crippen LogP contribution in [0.25, 0.3) is 22.4 Å². The van der Waals surface area contributed by atoms with Gasteiger partial charge in [0.15, 0.2) is 12.2 Å². The summed E-state index contributed by atoms with van der Waals surface area (Å²) in [5, 5.41) is 5.21. The molecule has 4 rings (SSSR count). The van der Waals surface area contributed by atoms with Crippen molar-refractivity contribution in [1.82, 2.24) is 0 Å². The molecule has 0 aliphatic heterocycles. The van der Waals surface area contributed by atoms with Gasteiger partial charge in [-0.05, 0) is 41.0 Å². The Kier molecular flexibility index (Phi) is 8.93. The van der Waals surface area contributed by atoms with Gasteiger partial charge in [-0.25, -0.2) is 32.2 Å². The van der Waals surface area contributed by atoms with Crippen LogP contribution in [0.15, 0.2) is 102 Å². The van der Waals surface area contributed by atoms with Crippen LogP contribution >= 0.6 is 0 Å². The van der Waals surface area contributed by atoms with Crippen molar-refractivity contribution >= 4 is 10.0 Å². The highest BCUT2D eigenvalue weighted by atomic mass is 35.7. The van der Waals surface area contributed by atoms with Gasteiger partial charge in [0.1, 0.15) is 0 Å². The predicted molar refractivity (Wildman–Crippen MR) is 124 cm³/mol. The van der Waals surface area contributed by atoms with Gasteiger partial charge in [0.2, 0.25) is 15.7 Å². The fraction of sp³-hybridized carbons (Fsp3) is 0.115. The van der Waals surface area contributed by atoms with Gasteiger partial charge in [-0.15, -0.1) is 10.2 Å². The van der Waals surface area contributed by atoms with Crippen molar-refractivity contribution in [2.45, 2.75) is 24.8 Å². The van der Waals surface area contributed by atoms with Crippen molar-refractivity contribution in [3.63, 3.8) is 0 Å². The van der Waals surface area contributed by atoms with Crippen LogP contribution in [0.3, 0.4) is 0 Å². The van der Waals surface area contributed by atoms with Crippen molar-refractivity contribution in [2.75, 3.05) is 0 Å². The van der Waals surface area contributed by atoms with Gasteiger partial charge in [0, 0.05) is 31.0 Å². The number of halogens is 1. The molecule has 8 nitrogen and oxygen atoms in total. The summed E-state index contributed by atoms with van der Waals surface area (Å²) in [6.45, 7) is 2.91. The third-order valence-corrected chi connectivity index (χ3v) is 6.36. The van der Waals surface area contributed by atoms with Crippen LogP contribution < -0.4 is 28.3 Å². The summed E-state index contributed by atoms with van der Waals surface area (Å²) >= 11 is 0. The standard InChI is InChI=1S/C26H25N2O2S.ClHO4/c1-20-18-24(22-8-4-2-5-9-22)19-26(23-10-6-3-7-11-23)28(20)17-16-21-12-14-25(15-13-21)31(27,29)30;2-1(3,4)5/h2-15,18-19H,16-17H2,1H3,(H2,27,29,30);(H,2,3,4,5)/q+1;/p-1. The summed E-state index contributed by atoms with van der Waals surface area (Å²) in [5.74, 6) is 0. The zero-order chi connectivity index (χ0) is 26.3. The van der Waals surface area contributed by atoms with E-state index in [-0.39, 0.29) is 4.90 Å². The highest BCUT2D eigenvalue weighted by Gasteiger charge is 2.19. The predicted octanol–water partition coefficient (Wildman–Crippen LogP) is -0.249. The van der Waals surface area contributed by atoms with Crippen molar-refractivity contribution in [3.05, 3.63) is 108 Å². The highest BCUT2D eigenvalue weighted by molar-refractivity contribution is 7.89. The second-order valence-corrected chi connectivity index (χ2v) is 10.3. The van der Waals surface area contributed by atoms with Crippen LogP contribution in [-0.2, 0) is 23.0 Å². The van der Waals surface area contributed by atoms with E-state index in [0.717, 1.165) is 29.8 Å². The molecule has 0 aliphatic carbocycles. The minimum Gasteiger partial charge on any atom is -0.225 e. The molecule has 1 heterocycles. The van der Waals surface area contributed by atoms with Crippen molar-refractivity contribution < 1.29 is 41.9 Å². The van der Waals surface area contributed by atoms with E-state index < -0.39 is 20.3 Å². The highest BCUT2D eigenvalue weighted by Crippen LogP contribution is 2.25. The molecule has 0 unspecified atom stereocenters. The lowest BCUT2D eigenvalue weighted by atomic mass is 10.0. The Bertz CT molecular complexity index is 1390. The maximum Gasteiger partial charge on any atom is 0.238 e. The van der Waals surface area contributed by atoms with E-state index in [0.29, 0.717) is 0 Å². The molecule has 0 saturated carbocycles. The van der Waals surface area contributed by atoms with Crippen LogP contribution in [0.4, 0.5) is 0 Å². The third-order valence-electron chi connectivity index (χ3n) is 5.43. The summed E-state index contributed by atoms with van der Waals surface area (Å²) in [4.78, 5) is 0.136. The number of primary sulfonamides is 1. The number of sulfonamides is 1. The molecule has 0 fully saturated rings. The number of aromatic nitrogens is 1. The van der Waals surface area contributed by atoms with Crippen LogP contribution in [0.5, 0.6) is 0 Å². The number of pyridine rings is 1. The zero-order valence-corrected chi connectivity index (χ0v) is 21.0. The van der Waals surface area contributed by atoms with E-state index >= 15 is 0 Å². The van der Waals surface area contributed by atoms with Crippen molar-refractivity contribution in [2.24, 2.45) is 5.14 Å². The number of benzene rings is 3. The molecule has 3 aromatic carbocycles. The third kappa shape index (κ3) is 8.21. The van der Waals surface area contributed by atoms with E-state index in [1.807, 2.05) is 24.3 Å². The molecule has 0 saturated heterocycles. The number of hydrogen-bond acceptors (Lipinski definition) is 6. The molecular weight excluding hydrogens is 504 g/mol.